The van der Waals surface area contributed by atoms with Gasteiger partial charge in [0.15, 0.2) is 0 Å². The average Bonchev–Trinajstić information content (AvgIpc) is 2.68. The molecule has 2 aliphatic rings. The van der Waals surface area contributed by atoms with Gasteiger partial charge >= 0.3 is 12.1 Å². The molecule has 9 heteroatoms. The number of hydrogen-bond acceptors (Lipinski definition) is 7. The number of ether oxygens (including phenoxy) is 2. The van der Waals surface area contributed by atoms with Gasteiger partial charge in [0, 0.05) is 6.08 Å². The predicted molar refractivity (Wildman–Crippen MR) is 70.9 cm³/mol. The maximum absolute atomic E-state index is 11.6. The minimum atomic E-state index is -3.50. The first-order valence-corrected chi connectivity index (χ1v) is 8.05. The fourth-order valence-electron chi connectivity index (χ4n) is 2.36. The van der Waals surface area contributed by atoms with E-state index >= 15 is 0 Å². The Morgan fingerprint density at radius 1 is 1.38 bits per heavy atom. The third kappa shape index (κ3) is 3.94. The quantitative estimate of drug-likeness (QED) is 0.331. The topological polar surface area (TPSA) is 108 Å². The second kappa shape index (κ2) is 6.44. The van der Waals surface area contributed by atoms with E-state index in [4.69, 9.17) is 8.92 Å². The summed E-state index contributed by atoms with van der Waals surface area (Å²) in [6, 6.07) is 0. The molecule has 3 unspecified atom stereocenters. The molecule has 1 heterocycles. The normalized spacial score (nSPS) is 29.4. The molecule has 1 aliphatic heterocycles. The molecule has 21 heavy (non-hydrogen) atoms. The Morgan fingerprint density at radius 3 is 2.86 bits per heavy atom. The van der Waals surface area contributed by atoms with Crippen LogP contribution in [0.4, 0.5) is 4.79 Å². The number of hydrogen-bond donors (Lipinski definition) is 1. The van der Waals surface area contributed by atoms with Crippen LogP contribution in [-0.4, -0.2) is 51.1 Å². The number of carbonyl (C=O) groups is 2. The Kier molecular flexibility index (Phi) is 4.84. The lowest BCUT2D eigenvalue weighted by molar-refractivity contribution is -0.137. The highest BCUT2D eigenvalue weighted by molar-refractivity contribution is 7.87. The Hall–Kier alpha value is -1.61. The summed E-state index contributed by atoms with van der Waals surface area (Å²) in [5, 5.41) is 1.93. The minimum Gasteiger partial charge on any atom is -0.461 e. The number of esters is 1. The summed E-state index contributed by atoms with van der Waals surface area (Å²) in [6.45, 7) is 3.33. The molecular formula is C12H17NO7S. The Labute approximate surface area is 122 Å². The molecule has 0 aromatic carbocycles. The van der Waals surface area contributed by atoms with Crippen molar-refractivity contribution in [3.8, 4) is 0 Å². The molecule has 1 N–H and O–H groups in total. The molecule has 118 valence electrons. The molecule has 0 radical (unpaired) electrons. The fraction of sp³-hybridized carbons (Fsp3) is 0.667. The first-order chi connectivity index (χ1) is 9.92. The van der Waals surface area contributed by atoms with Gasteiger partial charge < -0.3 is 14.8 Å². The fourth-order valence-corrected chi connectivity index (χ4v) is 3.91. The van der Waals surface area contributed by atoms with Crippen LogP contribution >= 0.6 is 0 Å². The van der Waals surface area contributed by atoms with Crippen molar-refractivity contribution >= 4 is 22.2 Å². The van der Waals surface area contributed by atoms with Gasteiger partial charge in [-0.2, -0.15) is 8.42 Å². The molecule has 3 atom stereocenters. The number of fused-ring (bicyclic) bond motifs is 2. The zero-order valence-electron chi connectivity index (χ0n) is 11.3. The maximum Gasteiger partial charge on any atom is 0.407 e. The Bertz CT molecular complexity index is 530. The van der Waals surface area contributed by atoms with Crippen LogP contribution < -0.4 is 5.32 Å². The van der Waals surface area contributed by atoms with Crippen molar-refractivity contribution in [3.63, 3.8) is 0 Å². The van der Waals surface area contributed by atoms with Crippen molar-refractivity contribution < 1.29 is 31.7 Å². The van der Waals surface area contributed by atoms with Crippen molar-refractivity contribution in [1.29, 1.82) is 0 Å². The second-order valence-electron chi connectivity index (χ2n) is 4.80. The highest BCUT2D eigenvalue weighted by Gasteiger charge is 2.48. The summed E-state index contributed by atoms with van der Waals surface area (Å²) in [5.41, 5.74) is 0. The van der Waals surface area contributed by atoms with Crippen LogP contribution in [0.25, 0.3) is 0 Å². The summed E-state index contributed by atoms with van der Waals surface area (Å²) in [7, 11) is -3.50. The summed E-state index contributed by atoms with van der Waals surface area (Å²) in [5.74, 6) is -0.576. The Balaban J connectivity index is 1.71. The molecule has 1 amide bonds. The van der Waals surface area contributed by atoms with Crippen LogP contribution in [0.1, 0.15) is 19.3 Å². The smallest absolute Gasteiger partial charge is 0.407 e. The number of nitrogens with one attached hydrogen (secondary N) is 1. The summed E-state index contributed by atoms with van der Waals surface area (Å²) < 4.78 is 37.9. The lowest BCUT2D eigenvalue weighted by Gasteiger charge is -2.25. The molecular weight excluding hydrogens is 302 g/mol. The van der Waals surface area contributed by atoms with E-state index in [0.29, 0.717) is 19.3 Å². The van der Waals surface area contributed by atoms with E-state index in [1.807, 2.05) is 0 Å². The molecule has 8 nitrogen and oxygen atoms in total. The van der Waals surface area contributed by atoms with Crippen LogP contribution in [0, 0.1) is 0 Å². The van der Waals surface area contributed by atoms with E-state index in [1.54, 1.807) is 0 Å². The van der Waals surface area contributed by atoms with Crippen LogP contribution in [0.15, 0.2) is 12.7 Å². The third-order valence-electron chi connectivity index (χ3n) is 3.39. The molecule has 2 fully saturated rings. The largest absolute Gasteiger partial charge is 0.461 e. The van der Waals surface area contributed by atoms with E-state index in [1.165, 1.54) is 0 Å². The van der Waals surface area contributed by atoms with Gasteiger partial charge in [0.2, 0.25) is 0 Å². The van der Waals surface area contributed by atoms with Crippen LogP contribution in [0.5, 0.6) is 0 Å². The van der Waals surface area contributed by atoms with Crippen molar-refractivity contribution in [1.82, 2.24) is 5.32 Å². The van der Waals surface area contributed by atoms with E-state index in [9.17, 15) is 18.0 Å². The molecule has 1 saturated carbocycles. The van der Waals surface area contributed by atoms with Crippen molar-refractivity contribution in [2.75, 3.05) is 13.2 Å². The lowest BCUT2D eigenvalue weighted by atomic mass is 9.94. The zero-order valence-corrected chi connectivity index (χ0v) is 12.1. The van der Waals surface area contributed by atoms with E-state index in [2.05, 4.69) is 16.6 Å². The number of carbonyl (C=O) groups excluding carboxylic acids is 2. The van der Waals surface area contributed by atoms with Crippen LogP contribution in [-0.2, 0) is 28.6 Å². The maximum atomic E-state index is 11.6. The monoisotopic (exact) mass is 319 g/mol. The molecule has 0 spiro atoms. The van der Waals surface area contributed by atoms with Gasteiger partial charge in [-0.3, -0.25) is 4.18 Å². The van der Waals surface area contributed by atoms with E-state index in [-0.39, 0.29) is 13.2 Å². The highest BCUT2D eigenvalue weighted by Crippen LogP contribution is 2.36. The SMILES string of the molecule is C=CC(=O)OCCNC(=O)OC1CCC2CC1OS2(=O)=O. The van der Waals surface area contributed by atoms with E-state index in [0.717, 1.165) is 6.08 Å². The molecule has 2 rings (SSSR count). The Morgan fingerprint density at radius 2 is 2.14 bits per heavy atom. The van der Waals surface area contributed by atoms with Crippen molar-refractivity contribution in [2.24, 2.45) is 0 Å². The molecule has 0 aromatic rings. The van der Waals surface area contributed by atoms with Crippen molar-refractivity contribution in [2.45, 2.75) is 36.7 Å². The van der Waals surface area contributed by atoms with Crippen LogP contribution in [0.2, 0.25) is 0 Å². The average molecular weight is 319 g/mol. The third-order valence-corrected chi connectivity index (χ3v) is 5.15. The first kappa shape index (κ1) is 15.8. The standard InChI is InChI=1S/C12H17NO7S/c1-2-11(14)18-6-5-13-12(15)19-9-4-3-8-7-10(9)20-21(8,16)17/h2,8-10H,1,3-7H2,(H,13,15). The van der Waals surface area contributed by atoms with Crippen molar-refractivity contribution in [3.05, 3.63) is 12.7 Å². The predicted octanol–water partition coefficient (Wildman–Crippen LogP) is 0.0915. The van der Waals surface area contributed by atoms with Gasteiger partial charge in [-0.15, -0.1) is 0 Å². The minimum absolute atomic E-state index is 0.000994. The van der Waals surface area contributed by atoms with E-state index < -0.39 is 39.6 Å². The molecule has 1 saturated heterocycles. The number of amides is 1. The summed E-state index contributed by atoms with van der Waals surface area (Å²) in [6.07, 6.45) is 0.390. The summed E-state index contributed by atoms with van der Waals surface area (Å²) in [4.78, 5) is 22.3. The highest BCUT2D eigenvalue weighted by atomic mass is 32.2. The first-order valence-electron chi connectivity index (χ1n) is 6.58. The lowest BCUT2D eigenvalue weighted by Crippen LogP contribution is -2.38. The zero-order chi connectivity index (χ0) is 15.5. The number of alkyl carbamates (subject to hydrolysis) is 1. The van der Waals surface area contributed by atoms with Gasteiger partial charge in [-0.25, -0.2) is 9.59 Å². The van der Waals surface area contributed by atoms with Gasteiger partial charge in [0.25, 0.3) is 10.1 Å². The van der Waals surface area contributed by atoms with Gasteiger partial charge in [0.05, 0.1) is 11.8 Å². The molecule has 1 aliphatic carbocycles. The van der Waals surface area contributed by atoms with Gasteiger partial charge in [-0.1, -0.05) is 6.58 Å². The van der Waals surface area contributed by atoms with Gasteiger partial charge in [0.1, 0.15) is 18.8 Å². The molecule has 2 bridgehead atoms. The van der Waals surface area contributed by atoms with Crippen LogP contribution in [0.3, 0.4) is 0 Å². The second-order valence-corrected chi connectivity index (χ2v) is 6.65. The van der Waals surface area contributed by atoms with Gasteiger partial charge in [-0.05, 0) is 19.3 Å². The molecule has 0 aromatic heterocycles. The summed E-state index contributed by atoms with van der Waals surface area (Å²) >= 11 is 0. The number of rotatable bonds is 5.